The summed E-state index contributed by atoms with van der Waals surface area (Å²) in [5.74, 6) is -0.291. The molecule has 0 heterocycles. The molecule has 0 rings (SSSR count). The van der Waals surface area contributed by atoms with E-state index in [0.717, 1.165) is 45.3 Å². The van der Waals surface area contributed by atoms with E-state index in [-0.39, 0.29) is 0 Å². The van der Waals surface area contributed by atoms with E-state index in [9.17, 15) is 4.79 Å². The second-order valence-electron chi connectivity index (χ2n) is 4.46. The van der Waals surface area contributed by atoms with E-state index in [1.54, 1.807) is 0 Å². The molecule has 0 saturated heterocycles. The fraction of sp³-hybridized carbons (Fsp3) is 0.786. The van der Waals surface area contributed by atoms with Crippen molar-refractivity contribution in [2.45, 2.75) is 46.0 Å². The van der Waals surface area contributed by atoms with E-state index >= 15 is 0 Å². The number of hydrogen-bond donors (Lipinski definition) is 1. The molecule has 0 spiro atoms. The third kappa shape index (κ3) is 8.54. The Labute approximate surface area is 116 Å². The summed E-state index contributed by atoms with van der Waals surface area (Å²) in [6.45, 7) is 7.46. The van der Waals surface area contributed by atoms with Crippen LogP contribution in [-0.4, -0.2) is 41.5 Å². The number of carbonyl (C=O) groups is 1. The maximum atomic E-state index is 11.0. The van der Waals surface area contributed by atoms with Crippen LogP contribution in [0.5, 0.6) is 0 Å². The lowest BCUT2D eigenvalue weighted by Crippen LogP contribution is -2.26. The third-order valence-corrected chi connectivity index (χ3v) is 3.04. The number of carboxylic acid groups (broad SMARTS) is 1. The Morgan fingerprint density at radius 3 is 2.28 bits per heavy atom. The van der Waals surface area contributed by atoms with E-state index in [1.807, 2.05) is 6.08 Å². The smallest absolute Gasteiger partial charge is 0.331 e. The molecule has 0 aliphatic carbocycles. The molecule has 4 heteroatoms. The molecule has 0 aromatic carbocycles. The number of halogens is 1. The van der Waals surface area contributed by atoms with Crippen molar-refractivity contribution in [3.8, 4) is 0 Å². The molecule has 106 valence electrons. The van der Waals surface area contributed by atoms with Crippen LogP contribution < -0.4 is 0 Å². The van der Waals surface area contributed by atoms with Crippen LogP contribution in [0.1, 0.15) is 46.0 Å². The van der Waals surface area contributed by atoms with Crippen LogP contribution in [0.4, 0.5) is 0 Å². The Balaban J connectivity index is 4.16. The molecule has 0 aromatic heterocycles. The van der Waals surface area contributed by atoms with Gasteiger partial charge in [-0.15, -0.1) is 11.6 Å². The minimum atomic E-state index is -0.808. The lowest BCUT2D eigenvalue weighted by Gasteiger charge is -2.19. The lowest BCUT2D eigenvalue weighted by molar-refractivity contribution is -0.132. The molecular formula is C14H26ClNO2. The minimum absolute atomic E-state index is 0.503. The number of rotatable bonds is 11. The number of alkyl halides is 1. The molecule has 0 unspecified atom stereocenters. The van der Waals surface area contributed by atoms with E-state index in [0.29, 0.717) is 17.9 Å². The summed E-state index contributed by atoms with van der Waals surface area (Å²) in [7, 11) is 0. The quantitative estimate of drug-likeness (QED) is 0.463. The summed E-state index contributed by atoms with van der Waals surface area (Å²) < 4.78 is 0. The molecule has 0 bridgehead atoms. The van der Waals surface area contributed by atoms with Crippen LogP contribution in [0, 0.1) is 0 Å². The summed E-state index contributed by atoms with van der Waals surface area (Å²) in [6.07, 6.45) is 6.24. The fourth-order valence-electron chi connectivity index (χ4n) is 1.94. The Hall–Kier alpha value is -0.540. The molecule has 0 amide bonds. The normalized spacial score (nSPS) is 12.1. The van der Waals surface area contributed by atoms with E-state index in [2.05, 4.69) is 18.7 Å². The number of nitrogens with zero attached hydrogens (tertiary/aromatic N) is 1. The first kappa shape index (κ1) is 17.5. The van der Waals surface area contributed by atoms with Gasteiger partial charge in [0.1, 0.15) is 0 Å². The molecule has 0 aliphatic rings. The molecular weight excluding hydrogens is 250 g/mol. The minimum Gasteiger partial charge on any atom is -0.478 e. The summed E-state index contributed by atoms with van der Waals surface area (Å²) in [5.41, 5.74) is 0.503. The number of carboxylic acids is 1. The summed E-state index contributed by atoms with van der Waals surface area (Å²) >= 11 is 5.59. The third-order valence-electron chi connectivity index (χ3n) is 2.77. The van der Waals surface area contributed by atoms with Gasteiger partial charge in [0.25, 0.3) is 0 Å². The predicted octanol–water partition coefficient (Wildman–Crippen LogP) is 3.53. The van der Waals surface area contributed by atoms with Crippen molar-refractivity contribution in [3.05, 3.63) is 11.6 Å². The summed E-state index contributed by atoms with van der Waals surface area (Å²) in [5, 5.41) is 9.05. The van der Waals surface area contributed by atoms with Crippen molar-refractivity contribution in [1.29, 1.82) is 0 Å². The lowest BCUT2D eigenvalue weighted by atomic mass is 10.1. The maximum Gasteiger partial charge on any atom is 0.331 e. The van der Waals surface area contributed by atoms with Gasteiger partial charge in [-0.2, -0.15) is 0 Å². The molecule has 0 saturated carbocycles. The van der Waals surface area contributed by atoms with Gasteiger partial charge in [0.15, 0.2) is 0 Å². The zero-order valence-electron chi connectivity index (χ0n) is 11.6. The van der Waals surface area contributed by atoms with Crippen molar-refractivity contribution < 1.29 is 9.90 Å². The first-order valence-electron chi connectivity index (χ1n) is 6.86. The van der Waals surface area contributed by atoms with Gasteiger partial charge >= 0.3 is 5.97 Å². The Kier molecular flexibility index (Phi) is 11.2. The first-order chi connectivity index (χ1) is 8.65. The van der Waals surface area contributed by atoms with E-state index in [4.69, 9.17) is 16.7 Å². The van der Waals surface area contributed by atoms with Crippen molar-refractivity contribution in [1.82, 2.24) is 4.90 Å². The van der Waals surface area contributed by atoms with E-state index < -0.39 is 5.97 Å². The molecule has 18 heavy (non-hydrogen) atoms. The van der Waals surface area contributed by atoms with Crippen LogP contribution >= 0.6 is 11.6 Å². The predicted molar refractivity (Wildman–Crippen MR) is 77.3 cm³/mol. The van der Waals surface area contributed by atoms with Gasteiger partial charge in [-0.25, -0.2) is 4.79 Å². The topological polar surface area (TPSA) is 40.5 Å². The van der Waals surface area contributed by atoms with Crippen LogP contribution in [0.25, 0.3) is 0 Å². The van der Waals surface area contributed by atoms with Crippen molar-refractivity contribution in [2.75, 3.05) is 25.5 Å². The van der Waals surface area contributed by atoms with Gasteiger partial charge in [0, 0.05) is 18.0 Å². The Morgan fingerprint density at radius 1 is 1.22 bits per heavy atom. The molecule has 0 atom stereocenters. The first-order valence-corrected chi connectivity index (χ1v) is 7.39. The van der Waals surface area contributed by atoms with Crippen LogP contribution in [0.15, 0.2) is 11.6 Å². The maximum absolute atomic E-state index is 11.0. The highest BCUT2D eigenvalue weighted by molar-refractivity contribution is 6.17. The summed E-state index contributed by atoms with van der Waals surface area (Å²) in [4.78, 5) is 13.4. The van der Waals surface area contributed by atoms with Crippen LogP contribution in [-0.2, 0) is 4.79 Å². The molecule has 0 aromatic rings. The van der Waals surface area contributed by atoms with Gasteiger partial charge in [0.2, 0.25) is 0 Å². The fourth-order valence-corrected chi connectivity index (χ4v) is 2.08. The van der Waals surface area contributed by atoms with Crippen molar-refractivity contribution in [2.24, 2.45) is 0 Å². The molecule has 0 fully saturated rings. The average molecular weight is 276 g/mol. The molecule has 3 nitrogen and oxygen atoms in total. The van der Waals surface area contributed by atoms with Gasteiger partial charge in [-0.3, -0.25) is 0 Å². The van der Waals surface area contributed by atoms with Gasteiger partial charge in [-0.1, -0.05) is 19.9 Å². The van der Waals surface area contributed by atoms with Gasteiger partial charge < -0.3 is 10.0 Å². The second kappa shape index (κ2) is 11.5. The van der Waals surface area contributed by atoms with Crippen molar-refractivity contribution in [3.63, 3.8) is 0 Å². The highest BCUT2D eigenvalue weighted by Gasteiger charge is 2.07. The number of aliphatic carboxylic acids is 1. The molecule has 0 aliphatic heterocycles. The Bertz CT molecular complexity index is 248. The summed E-state index contributed by atoms with van der Waals surface area (Å²) in [6, 6.07) is 0. The molecule has 0 radical (unpaired) electrons. The van der Waals surface area contributed by atoms with Gasteiger partial charge in [0.05, 0.1) is 0 Å². The largest absolute Gasteiger partial charge is 0.478 e. The highest BCUT2D eigenvalue weighted by atomic mass is 35.5. The highest BCUT2D eigenvalue weighted by Crippen LogP contribution is 2.08. The second-order valence-corrected chi connectivity index (χ2v) is 4.84. The zero-order valence-corrected chi connectivity index (χ0v) is 12.4. The molecule has 1 N–H and O–H groups in total. The SMILES string of the molecule is CCCN(CCC)CCC=C(CCCCl)C(=O)O. The zero-order chi connectivity index (χ0) is 13.8. The van der Waals surface area contributed by atoms with Crippen LogP contribution in [0.3, 0.4) is 0 Å². The van der Waals surface area contributed by atoms with Crippen molar-refractivity contribution >= 4 is 17.6 Å². The van der Waals surface area contributed by atoms with E-state index in [1.165, 1.54) is 0 Å². The average Bonchev–Trinajstić information content (AvgIpc) is 2.33. The monoisotopic (exact) mass is 275 g/mol. The van der Waals surface area contributed by atoms with Crippen LogP contribution in [0.2, 0.25) is 0 Å². The number of hydrogen-bond acceptors (Lipinski definition) is 2. The van der Waals surface area contributed by atoms with Gasteiger partial charge in [-0.05, 0) is 45.2 Å². The Morgan fingerprint density at radius 2 is 1.83 bits per heavy atom. The standard InChI is InChI=1S/C14H26ClNO2/c1-3-10-16(11-4-2)12-6-8-13(14(17)18)7-5-9-15/h8H,3-7,9-12H2,1-2H3,(H,17,18).